The number of hydrogen-bond acceptors (Lipinski definition) is 4. The molecule has 1 saturated heterocycles. The fraction of sp³-hybridized carbons (Fsp3) is 0.696. The van der Waals surface area contributed by atoms with Gasteiger partial charge in [0.1, 0.15) is 6.10 Å². The minimum Gasteiger partial charge on any atom is -0.493 e. The fourth-order valence-corrected chi connectivity index (χ4v) is 4.23. The maximum atomic E-state index is 6.20. The zero-order chi connectivity index (χ0) is 20.5. The molecule has 1 aliphatic heterocycles. The number of rotatable bonds is 8. The maximum absolute atomic E-state index is 6.20. The molecule has 0 bridgehead atoms. The first-order valence-electron chi connectivity index (χ1n) is 11.1. The Hall–Kier alpha value is -1.95. The van der Waals surface area contributed by atoms with Gasteiger partial charge in [-0.1, -0.05) is 25.0 Å². The van der Waals surface area contributed by atoms with Gasteiger partial charge in [0.05, 0.1) is 19.8 Å². The molecule has 1 aromatic carbocycles. The summed E-state index contributed by atoms with van der Waals surface area (Å²) in [6, 6.07) is 7.74. The van der Waals surface area contributed by atoms with Crippen LogP contribution in [0.15, 0.2) is 29.3 Å². The lowest BCUT2D eigenvalue weighted by atomic mass is 10.1. The highest BCUT2D eigenvalue weighted by atomic mass is 16.5. The fourth-order valence-electron chi connectivity index (χ4n) is 4.23. The Balaban J connectivity index is 1.38. The van der Waals surface area contributed by atoms with Gasteiger partial charge in [-0.05, 0) is 50.7 Å². The minimum atomic E-state index is -0.00432. The molecule has 1 aromatic rings. The third kappa shape index (κ3) is 6.53. The lowest BCUT2D eigenvalue weighted by molar-refractivity contribution is 0.000961. The van der Waals surface area contributed by atoms with Crippen molar-refractivity contribution in [1.82, 2.24) is 10.2 Å². The predicted molar refractivity (Wildman–Crippen MR) is 117 cm³/mol. The molecule has 29 heavy (non-hydrogen) atoms. The summed E-state index contributed by atoms with van der Waals surface area (Å²) in [6.07, 6.45) is 8.01. The topological polar surface area (TPSA) is 55.3 Å². The summed E-state index contributed by atoms with van der Waals surface area (Å²) in [5.74, 6) is 3.25. The van der Waals surface area contributed by atoms with E-state index in [0.717, 1.165) is 55.9 Å². The summed E-state index contributed by atoms with van der Waals surface area (Å²) in [4.78, 5) is 6.79. The predicted octanol–water partition coefficient (Wildman–Crippen LogP) is 3.71. The second kappa shape index (κ2) is 11.3. The third-order valence-corrected chi connectivity index (χ3v) is 5.94. The molecular weight excluding hydrogens is 366 g/mol. The van der Waals surface area contributed by atoms with E-state index in [1.165, 1.54) is 25.7 Å². The molecule has 0 amide bonds. The zero-order valence-corrected chi connectivity index (χ0v) is 18.2. The molecule has 3 rings (SSSR count). The van der Waals surface area contributed by atoms with E-state index in [0.29, 0.717) is 12.6 Å². The van der Waals surface area contributed by atoms with Crippen LogP contribution in [0.4, 0.5) is 0 Å². The Kier molecular flexibility index (Phi) is 8.47. The molecule has 162 valence electrons. The van der Waals surface area contributed by atoms with Gasteiger partial charge in [0.2, 0.25) is 0 Å². The zero-order valence-electron chi connectivity index (χ0n) is 18.2. The molecule has 6 nitrogen and oxygen atoms in total. The smallest absolute Gasteiger partial charge is 0.193 e. The SMILES string of the molecule is CN=C(NCC(C)Oc1ccccc1OC)N1CCC(OCC2CCCC2)CC1. The van der Waals surface area contributed by atoms with Gasteiger partial charge < -0.3 is 24.4 Å². The van der Waals surface area contributed by atoms with Gasteiger partial charge >= 0.3 is 0 Å². The van der Waals surface area contributed by atoms with Crippen LogP contribution in [0.3, 0.4) is 0 Å². The molecule has 2 fully saturated rings. The summed E-state index contributed by atoms with van der Waals surface area (Å²) in [5, 5.41) is 3.46. The highest BCUT2D eigenvalue weighted by Gasteiger charge is 2.24. The summed E-state index contributed by atoms with van der Waals surface area (Å²) in [7, 11) is 3.50. The number of methoxy groups -OCH3 is 1. The standard InChI is InChI=1S/C23H37N3O3/c1-18(29-22-11-7-6-10-21(22)27-3)16-25-23(24-2)26-14-12-20(13-15-26)28-17-19-8-4-5-9-19/h6-7,10-11,18-20H,4-5,8-9,12-17H2,1-3H3,(H,24,25). The molecular formula is C23H37N3O3. The van der Waals surface area contributed by atoms with Crippen molar-refractivity contribution in [1.29, 1.82) is 0 Å². The summed E-state index contributed by atoms with van der Waals surface area (Å²) >= 11 is 0. The number of benzene rings is 1. The van der Waals surface area contributed by atoms with E-state index in [9.17, 15) is 0 Å². The van der Waals surface area contributed by atoms with E-state index in [1.54, 1.807) is 7.11 Å². The Bertz CT molecular complexity index is 638. The van der Waals surface area contributed by atoms with E-state index < -0.39 is 0 Å². The molecule has 1 N–H and O–H groups in total. The Labute approximate surface area is 175 Å². The van der Waals surface area contributed by atoms with Crippen molar-refractivity contribution < 1.29 is 14.2 Å². The van der Waals surface area contributed by atoms with Gasteiger partial charge in [0.15, 0.2) is 17.5 Å². The van der Waals surface area contributed by atoms with Crippen molar-refractivity contribution in [3.63, 3.8) is 0 Å². The Morgan fingerprint density at radius 3 is 2.48 bits per heavy atom. The van der Waals surface area contributed by atoms with Crippen LogP contribution < -0.4 is 14.8 Å². The number of nitrogens with zero attached hydrogens (tertiary/aromatic N) is 2. The molecule has 1 aliphatic carbocycles. The van der Waals surface area contributed by atoms with E-state index in [1.807, 2.05) is 31.3 Å². The minimum absolute atomic E-state index is 0.00432. The average molecular weight is 404 g/mol. The van der Waals surface area contributed by atoms with Crippen LogP contribution in [0.25, 0.3) is 0 Å². The van der Waals surface area contributed by atoms with Gasteiger partial charge in [-0.3, -0.25) is 4.99 Å². The van der Waals surface area contributed by atoms with Crippen molar-refractivity contribution in [3.8, 4) is 11.5 Å². The van der Waals surface area contributed by atoms with Crippen LogP contribution in [0.1, 0.15) is 45.4 Å². The van der Waals surface area contributed by atoms with Gasteiger partial charge in [0, 0.05) is 26.7 Å². The normalized spacial score (nSPS) is 20.0. The second-order valence-electron chi connectivity index (χ2n) is 8.18. The van der Waals surface area contributed by atoms with Crippen LogP contribution >= 0.6 is 0 Å². The number of likely N-dealkylation sites (tertiary alicyclic amines) is 1. The molecule has 1 unspecified atom stereocenters. The van der Waals surface area contributed by atoms with Crippen molar-refractivity contribution in [2.75, 3.05) is 40.4 Å². The van der Waals surface area contributed by atoms with Gasteiger partial charge in [0.25, 0.3) is 0 Å². The number of para-hydroxylation sites is 2. The van der Waals surface area contributed by atoms with Crippen LogP contribution in [0.2, 0.25) is 0 Å². The first-order chi connectivity index (χ1) is 14.2. The molecule has 0 radical (unpaired) electrons. The number of guanidine groups is 1. The lowest BCUT2D eigenvalue weighted by Gasteiger charge is -2.34. The van der Waals surface area contributed by atoms with Gasteiger partial charge in [-0.2, -0.15) is 0 Å². The summed E-state index contributed by atoms with van der Waals surface area (Å²) in [5.41, 5.74) is 0. The summed E-state index contributed by atoms with van der Waals surface area (Å²) in [6.45, 7) is 5.65. The Morgan fingerprint density at radius 1 is 1.14 bits per heavy atom. The lowest BCUT2D eigenvalue weighted by Crippen LogP contribution is -2.48. The number of piperidine rings is 1. The van der Waals surface area contributed by atoms with E-state index in [4.69, 9.17) is 14.2 Å². The molecule has 0 spiro atoms. The first-order valence-corrected chi connectivity index (χ1v) is 11.1. The number of nitrogens with one attached hydrogen (secondary N) is 1. The van der Waals surface area contributed by atoms with Crippen LogP contribution in [0.5, 0.6) is 11.5 Å². The van der Waals surface area contributed by atoms with E-state index >= 15 is 0 Å². The largest absolute Gasteiger partial charge is 0.493 e. The van der Waals surface area contributed by atoms with Crippen molar-refractivity contribution in [2.45, 2.75) is 57.7 Å². The second-order valence-corrected chi connectivity index (χ2v) is 8.18. The number of aliphatic imine (C=N–C) groups is 1. The molecule has 6 heteroatoms. The van der Waals surface area contributed by atoms with Crippen LogP contribution in [-0.2, 0) is 4.74 Å². The van der Waals surface area contributed by atoms with Crippen LogP contribution in [0, 0.1) is 5.92 Å². The highest BCUT2D eigenvalue weighted by Crippen LogP contribution is 2.27. The molecule has 1 atom stereocenters. The molecule has 0 aromatic heterocycles. The van der Waals surface area contributed by atoms with Crippen molar-refractivity contribution >= 4 is 5.96 Å². The number of hydrogen-bond donors (Lipinski definition) is 1. The third-order valence-electron chi connectivity index (χ3n) is 5.94. The maximum Gasteiger partial charge on any atom is 0.193 e. The molecule has 2 aliphatic rings. The molecule has 1 saturated carbocycles. The highest BCUT2D eigenvalue weighted by molar-refractivity contribution is 5.80. The monoisotopic (exact) mass is 403 g/mol. The first kappa shape index (κ1) is 21.8. The Morgan fingerprint density at radius 2 is 1.83 bits per heavy atom. The van der Waals surface area contributed by atoms with E-state index in [2.05, 4.69) is 22.1 Å². The average Bonchev–Trinajstić information content (AvgIpc) is 3.27. The van der Waals surface area contributed by atoms with Crippen molar-refractivity contribution in [2.24, 2.45) is 10.9 Å². The van der Waals surface area contributed by atoms with Gasteiger partial charge in [-0.25, -0.2) is 0 Å². The van der Waals surface area contributed by atoms with E-state index in [-0.39, 0.29) is 6.10 Å². The van der Waals surface area contributed by atoms with Crippen molar-refractivity contribution in [3.05, 3.63) is 24.3 Å². The molecule has 1 heterocycles. The summed E-state index contributed by atoms with van der Waals surface area (Å²) < 4.78 is 17.6. The quantitative estimate of drug-likeness (QED) is 0.530. The number of ether oxygens (including phenoxy) is 3. The van der Waals surface area contributed by atoms with Gasteiger partial charge in [-0.15, -0.1) is 0 Å². The van der Waals surface area contributed by atoms with Crippen LogP contribution in [-0.4, -0.2) is 63.5 Å².